The molecule has 2 aliphatic heterocycles. The Morgan fingerprint density at radius 1 is 0.647 bits per heavy atom. The standard InChI is InChI=1S/C44H56N4O3/c1-22-24(3)38-32(19-27(22)41(5,6)7)45-35-29(43(11,12)13)17-26(18-34(35)50-38)47-48-31-21-30(44(14,15)16)36-40(37(31)49)51-39-25(4)23(2)28(42(8,9)10)20-33(39)46-36/h17-21,45-47H,1-16H3/b48-31-. The van der Waals surface area contributed by atoms with Crippen LogP contribution in [0, 0.1) is 38.5 Å². The zero-order valence-corrected chi connectivity index (χ0v) is 33.6. The quantitative estimate of drug-likeness (QED) is 0.158. The molecule has 0 aromatic heterocycles. The molecule has 0 radical (unpaired) electrons. The van der Waals surface area contributed by atoms with E-state index in [0.717, 1.165) is 50.6 Å². The zero-order valence-electron chi connectivity index (χ0n) is 33.6. The van der Waals surface area contributed by atoms with E-state index in [9.17, 15) is 4.79 Å². The molecule has 2 heterocycles. The van der Waals surface area contributed by atoms with Gasteiger partial charge in [-0.05, 0) is 118 Å². The predicted octanol–water partition coefficient (Wildman–Crippen LogP) is 11.0. The van der Waals surface area contributed by atoms with E-state index in [4.69, 9.17) is 14.3 Å². The molecule has 7 nitrogen and oxygen atoms in total. The van der Waals surface area contributed by atoms with Gasteiger partial charge in [-0.3, -0.25) is 10.2 Å². The molecule has 0 bridgehead atoms. The van der Waals surface area contributed by atoms with Crippen LogP contribution in [0.15, 0.2) is 44.6 Å². The third-order valence-corrected chi connectivity index (χ3v) is 10.5. The maximum absolute atomic E-state index is 14.2. The summed E-state index contributed by atoms with van der Waals surface area (Å²) in [6.07, 6.45) is 0. The third kappa shape index (κ3) is 6.34. The highest BCUT2D eigenvalue weighted by Crippen LogP contribution is 2.51. The molecule has 0 spiro atoms. The van der Waals surface area contributed by atoms with Crippen LogP contribution in [0.5, 0.6) is 11.5 Å². The van der Waals surface area contributed by atoms with Crippen LogP contribution in [-0.4, -0.2) is 4.98 Å². The molecule has 0 amide bonds. The van der Waals surface area contributed by atoms with Gasteiger partial charge < -0.3 is 19.5 Å². The van der Waals surface area contributed by atoms with Crippen molar-refractivity contribution in [2.75, 3.05) is 10.7 Å². The van der Waals surface area contributed by atoms with E-state index in [1.54, 1.807) is 0 Å². The molecule has 1 aliphatic carbocycles. The lowest BCUT2D eigenvalue weighted by atomic mass is 9.81. The first-order valence-electron chi connectivity index (χ1n) is 18.1. The van der Waals surface area contributed by atoms with Crippen LogP contribution < -0.4 is 26.3 Å². The monoisotopic (exact) mass is 688 g/mol. The van der Waals surface area contributed by atoms with Gasteiger partial charge in [-0.1, -0.05) is 83.1 Å². The number of hydrogen-bond donors (Lipinski definition) is 3. The summed E-state index contributed by atoms with van der Waals surface area (Å²) in [6, 6.07) is 10.3. The number of fused-ring (bicyclic) bond motifs is 3. The lowest BCUT2D eigenvalue weighted by Gasteiger charge is -2.33. The second-order valence-electron chi connectivity index (χ2n) is 18.7. The van der Waals surface area contributed by atoms with E-state index in [-0.39, 0.29) is 37.9 Å². The number of aromatic amines is 1. The van der Waals surface area contributed by atoms with Gasteiger partial charge in [-0.25, -0.2) is 0 Å². The van der Waals surface area contributed by atoms with Gasteiger partial charge in [0, 0.05) is 6.07 Å². The van der Waals surface area contributed by atoms with Crippen LogP contribution in [0.3, 0.4) is 0 Å². The van der Waals surface area contributed by atoms with Crippen LogP contribution >= 0.6 is 0 Å². The summed E-state index contributed by atoms with van der Waals surface area (Å²) in [5.41, 5.74) is 16.0. The lowest BCUT2D eigenvalue weighted by molar-refractivity contribution is 0.471. The maximum Gasteiger partial charge on any atom is 0.250 e. The molecule has 51 heavy (non-hydrogen) atoms. The van der Waals surface area contributed by atoms with Crippen LogP contribution in [0.4, 0.5) is 17.1 Å². The maximum atomic E-state index is 14.2. The molecular formula is C44H56N4O3. The van der Waals surface area contributed by atoms with Gasteiger partial charge >= 0.3 is 0 Å². The summed E-state index contributed by atoms with van der Waals surface area (Å²) in [7, 11) is 0. The SMILES string of the molecule is Cc1c(C(C)(C)C)cc2c(c1C)Oc1cc(N/N=c3/cc(C(C)(C)C)c4[nH]c5cc(C(C)(C)C)c(C)c(C)c5oc=4c3=O)cc(C(C)(C)C)c1N2. The normalized spacial score (nSPS) is 14.0. The molecule has 0 unspecified atom stereocenters. The second-order valence-corrected chi connectivity index (χ2v) is 18.7. The first-order valence-corrected chi connectivity index (χ1v) is 18.1. The Morgan fingerprint density at radius 3 is 1.80 bits per heavy atom. The van der Waals surface area contributed by atoms with Crippen molar-refractivity contribution in [3.8, 4) is 11.5 Å². The number of aromatic nitrogens is 1. The number of ether oxygens (including phenoxy) is 1. The smallest absolute Gasteiger partial charge is 0.250 e. The predicted molar refractivity (Wildman–Crippen MR) is 211 cm³/mol. The number of nitrogens with one attached hydrogen (secondary N) is 3. The molecule has 3 aromatic rings. The van der Waals surface area contributed by atoms with Crippen molar-refractivity contribution in [1.82, 2.24) is 4.98 Å². The van der Waals surface area contributed by atoms with E-state index < -0.39 is 0 Å². The minimum atomic E-state index is -0.302. The topological polar surface area (TPSA) is 91.7 Å². The van der Waals surface area contributed by atoms with Crippen molar-refractivity contribution in [3.05, 3.63) is 101 Å². The summed E-state index contributed by atoms with van der Waals surface area (Å²) in [4.78, 5) is 17.8. The molecule has 7 heteroatoms. The molecule has 0 atom stereocenters. The molecule has 3 aliphatic rings. The van der Waals surface area contributed by atoms with Crippen LogP contribution in [0.25, 0.3) is 11.1 Å². The number of anilines is 3. The minimum Gasteiger partial charge on any atom is -0.453 e. The number of nitrogens with zero attached hydrogens (tertiary/aromatic N) is 1. The Kier molecular flexibility index (Phi) is 8.36. The summed E-state index contributed by atoms with van der Waals surface area (Å²) >= 11 is 0. The average molecular weight is 689 g/mol. The van der Waals surface area contributed by atoms with Crippen molar-refractivity contribution in [2.45, 2.75) is 132 Å². The van der Waals surface area contributed by atoms with E-state index in [1.807, 2.05) is 12.1 Å². The number of aryl methyl sites for hydroxylation is 1. The fourth-order valence-electron chi connectivity index (χ4n) is 7.40. The van der Waals surface area contributed by atoms with Gasteiger partial charge in [0.1, 0.15) is 5.36 Å². The van der Waals surface area contributed by atoms with E-state index in [1.165, 1.54) is 22.3 Å². The molecule has 0 fully saturated rings. The Morgan fingerprint density at radius 2 is 1.22 bits per heavy atom. The third-order valence-electron chi connectivity index (χ3n) is 10.5. The van der Waals surface area contributed by atoms with Gasteiger partial charge in [-0.15, -0.1) is 0 Å². The highest BCUT2D eigenvalue weighted by Gasteiger charge is 2.30. The summed E-state index contributed by atoms with van der Waals surface area (Å²) < 4.78 is 13.2. The molecule has 0 saturated carbocycles. The summed E-state index contributed by atoms with van der Waals surface area (Å²) in [5.74, 6) is 1.55. The Labute approximate surface area is 302 Å². The first-order chi connectivity index (χ1) is 23.4. The fraction of sp³-hybridized carbons (Fsp3) is 0.455. The number of rotatable bonds is 2. The van der Waals surface area contributed by atoms with Gasteiger partial charge in [-0.2, -0.15) is 5.10 Å². The number of H-pyrrole nitrogens is 1. The second kappa shape index (κ2) is 11.8. The molecule has 270 valence electrons. The average Bonchev–Trinajstić information content (AvgIpc) is 3.00. The fourth-order valence-corrected chi connectivity index (χ4v) is 7.40. The molecular weight excluding hydrogens is 633 g/mol. The van der Waals surface area contributed by atoms with E-state index in [2.05, 4.69) is 145 Å². The Hall–Kier alpha value is -4.52. The van der Waals surface area contributed by atoms with Gasteiger partial charge in [0.15, 0.2) is 17.1 Å². The van der Waals surface area contributed by atoms with Crippen LogP contribution in [0.2, 0.25) is 0 Å². The molecule has 3 N–H and O–H groups in total. The molecule has 6 rings (SSSR count). The van der Waals surface area contributed by atoms with E-state index in [0.29, 0.717) is 16.7 Å². The molecule has 3 aromatic carbocycles. The summed E-state index contributed by atoms with van der Waals surface area (Å²) in [6.45, 7) is 34.8. The summed E-state index contributed by atoms with van der Waals surface area (Å²) in [5, 5.41) is 9.46. The number of benzene rings is 3. The van der Waals surface area contributed by atoms with Crippen molar-refractivity contribution in [2.24, 2.45) is 5.10 Å². The zero-order chi connectivity index (χ0) is 37.7. The van der Waals surface area contributed by atoms with Crippen molar-refractivity contribution in [3.63, 3.8) is 0 Å². The minimum absolute atomic E-state index is 0.00399. The van der Waals surface area contributed by atoms with Crippen molar-refractivity contribution < 1.29 is 9.15 Å². The highest BCUT2D eigenvalue weighted by atomic mass is 16.5. The van der Waals surface area contributed by atoms with Crippen molar-refractivity contribution >= 4 is 28.2 Å². The van der Waals surface area contributed by atoms with Gasteiger partial charge in [0.05, 0.1) is 27.9 Å². The Bertz CT molecular complexity index is 2440. The lowest BCUT2D eigenvalue weighted by Crippen LogP contribution is -2.31. The highest BCUT2D eigenvalue weighted by molar-refractivity contribution is 5.83. The van der Waals surface area contributed by atoms with Crippen LogP contribution in [-0.2, 0) is 21.7 Å². The van der Waals surface area contributed by atoms with Gasteiger partial charge in [0.25, 0.3) is 0 Å². The molecule has 0 saturated heterocycles. The van der Waals surface area contributed by atoms with E-state index >= 15 is 0 Å². The van der Waals surface area contributed by atoms with Crippen LogP contribution in [0.1, 0.15) is 128 Å². The largest absolute Gasteiger partial charge is 0.453 e. The van der Waals surface area contributed by atoms with Gasteiger partial charge in [0.2, 0.25) is 10.8 Å². The number of hydrogen-bond acceptors (Lipinski definition) is 6. The Balaban J connectivity index is 1.52. The van der Waals surface area contributed by atoms with Crippen molar-refractivity contribution in [1.29, 1.82) is 0 Å². The first kappa shape index (κ1) is 36.3.